The van der Waals surface area contributed by atoms with E-state index in [1.54, 1.807) is 18.3 Å². The van der Waals surface area contributed by atoms with Crippen molar-refractivity contribution < 1.29 is 4.79 Å². The summed E-state index contributed by atoms with van der Waals surface area (Å²) in [6.45, 7) is 0.820. The molecule has 4 nitrogen and oxygen atoms in total. The average molecular weight is 320 g/mol. The van der Waals surface area contributed by atoms with Crippen LogP contribution < -0.4 is 11.1 Å². The molecule has 0 radical (unpaired) electrons. The van der Waals surface area contributed by atoms with Crippen molar-refractivity contribution in [1.82, 2.24) is 10.3 Å². The minimum Gasteiger partial charge on any atom is -0.348 e. The van der Waals surface area contributed by atoms with Crippen LogP contribution in [0.3, 0.4) is 0 Å². The Labute approximate surface area is 120 Å². The fourth-order valence-electron chi connectivity index (χ4n) is 1.62. The fraction of sp³-hybridized carbons (Fsp3) is 0.143. The summed E-state index contributed by atoms with van der Waals surface area (Å²) in [5.74, 6) is -0.125. The third kappa shape index (κ3) is 3.87. The Morgan fingerprint density at radius 1 is 1.26 bits per heavy atom. The van der Waals surface area contributed by atoms with Crippen molar-refractivity contribution in [2.45, 2.75) is 13.1 Å². The Bertz CT molecular complexity index is 569. The van der Waals surface area contributed by atoms with Gasteiger partial charge in [0, 0.05) is 29.3 Å². The predicted molar refractivity (Wildman–Crippen MR) is 77.4 cm³/mol. The Balaban J connectivity index is 1.99. The zero-order valence-corrected chi connectivity index (χ0v) is 11.9. The van der Waals surface area contributed by atoms with E-state index in [0.29, 0.717) is 24.3 Å². The number of hydrogen-bond acceptors (Lipinski definition) is 3. The van der Waals surface area contributed by atoms with Crippen LogP contribution in [-0.4, -0.2) is 10.9 Å². The van der Waals surface area contributed by atoms with Crippen LogP contribution in [0.5, 0.6) is 0 Å². The molecule has 0 atom stereocenters. The Kier molecular flexibility index (Phi) is 4.65. The first-order valence-electron chi connectivity index (χ1n) is 5.86. The SMILES string of the molecule is NCc1cc(C(=O)NCc2ccc(Br)cc2)ccn1. The molecule has 2 aromatic rings. The first kappa shape index (κ1) is 13.7. The Hall–Kier alpha value is -1.72. The minimum atomic E-state index is -0.125. The van der Waals surface area contributed by atoms with E-state index in [2.05, 4.69) is 26.2 Å². The van der Waals surface area contributed by atoms with Crippen molar-refractivity contribution in [3.8, 4) is 0 Å². The molecule has 0 aliphatic rings. The summed E-state index contributed by atoms with van der Waals surface area (Å²) in [4.78, 5) is 16.0. The molecule has 5 heteroatoms. The van der Waals surface area contributed by atoms with Crippen molar-refractivity contribution in [1.29, 1.82) is 0 Å². The second kappa shape index (κ2) is 6.45. The number of nitrogens with two attached hydrogens (primary N) is 1. The molecule has 98 valence electrons. The highest BCUT2D eigenvalue weighted by atomic mass is 79.9. The smallest absolute Gasteiger partial charge is 0.251 e. The number of carbonyl (C=O) groups is 1. The molecular weight excluding hydrogens is 306 g/mol. The van der Waals surface area contributed by atoms with Gasteiger partial charge in [0.05, 0.1) is 5.69 Å². The topological polar surface area (TPSA) is 68.0 Å². The summed E-state index contributed by atoms with van der Waals surface area (Å²) in [6, 6.07) is 11.2. The van der Waals surface area contributed by atoms with Crippen LogP contribution >= 0.6 is 15.9 Å². The van der Waals surface area contributed by atoms with Gasteiger partial charge in [-0.3, -0.25) is 9.78 Å². The van der Waals surface area contributed by atoms with Gasteiger partial charge in [0.25, 0.3) is 5.91 Å². The maximum Gasteiger partial charge on any atom is 0.251 e. The average Bonchev–Trinajstić information content (AvgIpc) is 2.46. The van der Waals surface area contributed by atoms with Gasteiger partial charge in [-0.1, -0.05) is 28.1 Å². The van der Waals surface area contributed by atoms with E-state index in [0.717, 1.165) is 10.0 Å². The van der Waals surface area contributed by atoms with Crippen molar-refractivity contribution >= 4 is 21.8 Å². The van der Waals surface area contributed by atoms with Crippen LogP contribution in [0, 0.1) is 0 Å². The van der Waals surface area contributed by atoms with Gasteiger partial charge in [-0.25, -0.2) is 0 Å². The summed E-state index contributed by atoms with van der Waals surface area (Å²) in [5, 5.41) is 2.86. The van der Waals surface area contributed by atoms with Crippen molar-refractivity contribution in [3.05, 3.63) is 63.9 Å². The van der Waals surface area contributed by atoms with E-state index in [1.165, 1.54) is 0 Å². The fourth-order valence-corrected chi connectivity index (χ4v) is 1.88. The molecule has 1 amide bonds. The molecule has 1 aromatic carbocycles. The minimum absolute atomic E-state index is 0.125. The Morgan fingerprint density at radius 3 is 2.68 bits per heavy atom. The summed E-state index contributed by atoms with van der Waals surface area (Å²) in [7, 11) is 0. The number of aromatic nitrogens is 1. The lowest BCUT2D eigenvalue weighted by atomic mass is 10.2. The molecule has 0 unspecified atom stereocenters. The molecule has 0 saturated heterocycles. The van der Waals surface area contributed by atoms with Crippen molar-refractivity contribution in [2.24, 2.45) is 5.73 Å². The number of carbonyl (C=O) groups excluding carboxylic acids is 1. The van der Waals surface area contributed by atoms with Crippen LogP contribution in [0.2, 0.25) is 0 Å². The number of hydrogen-bond donors (Lipinski definition) is 2. The first-order chi connectivity index (χ1) is 9.19. The molecule has 0 saturated carbocycles. The highest BCUT2D eigenvalue weighted by Gasteiger charge is 2.06. The van der Waals surface area contributed by atoms with Gasteiger partial charge < -0.3 is 11.1 Å². The lowest BCUT2D eigenvalue weighted by Gasteiger charge is -2.06. The van der Waals surface area contributed by atoms with Gasteiger partial charge in [-0.2, -0.15) is 0 Å². The van der Waals surface area contributed by atoms with Crippen molar-refractivity contribution in [2.75, 3.05) is 0 Å². The number of nitrogens with zero attached hydrogens (tertiary/aromatic N) is 1. The number of amides is 1. The first-order valence-corrected chi connectivity index (χ1v) is 6.66. The molecule has 0 spiro atoms. The van der Waals surface area contributed by atoms with E-state index in [9.17, 15) is 4.79 Å². The number of pyridine rings is 1. The summed E-state index contributed by atoms with van der Waals surface area (Å²) in [5.41, 5.74) is 7.83. The highest BCUT2D eigenvalue weighted by Crippen LogP contribution is 2.10. The molecule has 19 heavy (non-hydrogen) atoms. The molecule has 3 N–H and O–H groups in total. The van der Waals surface area contributed by atoms with E-state index in [1.807, 2.05) is 24.3 Å². The predicted octanol–water partition coefficient (Wildman–Crippen LogP) is 2.23. The molecule has 0 aliphatic heterocycles. The van der Waals surface area contributed by atoms with E-state index in [4.69, 9.17) is 5.73 Å². The maximum atomic E-state index is 12.0. The van der Waals surface area contributed by atoms with Gasteiger partial charge in [0.1, 0.15) is 0 Å². The molecule has 0 aliphatic carbocycles. The third-order valence-electron chi connectivity index (χ3n) is 2.65. The number of benzene rings is 1. The normalized spacial score (nSPS) is 10.2. The third-order valence-corrected chi connectivity index (χ3v) is 3.18. The van der Waals surface area contributed by atoms with Crippen LogP contribution in [0.1, 0.15) is 21.6 Å². The van der Waals surface area contributed by atoms with Gasteiger partial charge in [0.15, 0.2) is 0 Å². The number of halogens is 1. The van der Waals surface area contributed by atoms with Crippen LogP contribution in [0.25, 0.3) is 0 Å². The monoisotopic (exact) mass is 319 g/mol. The summed E-state index contributed by atoms with van der Waals surface area (Å²) < 4.78 is 1.02. The zero-order chi connectivity index (χ0) is 13.7. The molecule has 1 heterocycles. The highest BCUT2D eigenvalue weighted by molar-refractivity contribution is 9.10. The Morgan fingerprint density at radius 2 is 2.00 bits per heavy atom. The van der Waals surface area contributed by atoms with Crippen LogP contribution in [0.15, 0.2) is 47.1 Å². The lowest BCUT2D eigenvalue weighted by Crippen LogP contribution is -2.23. The van der Waals surface area contributed by atoms with E-state index in [-0.39, 0.29) is 5.91 Å². The van der Waals surface area contributed by atoms with Gasteiger partial charge in [0.2, 0.25) is 0 Å². The molecule has 1 aromatic heterocycles. The summed E-state index contributed by atoms with van der Waals surface area (Å²) >= 11 is 3.37. The summed E-state index contributed by atoms with van der Waals surface area (Å²) in [6.07, 6.45) is 1.59. The molecule has 0 fully saturated rings. The quantitative estimate of drug-likeness (QED) is 0.908. The standard InChI is InChI=1S/C14H14BrN3O/c15-12-3-1-10(2-4-12)9-18-14(19)11-5-6-17-13(7-11)8-16/h1-7H,8-9,16H2,(H,18,19). The van der Waals surface area contributed by atoms with Crippen LogP contribution in [0.4, 0.5) is 0 Å². The number of nitrogens with one attached hydrogen (secondary N) is 1. The van der Waals surface area contributed by atoms with Crippen molar-refractivity contribution in [3.63, 3.8) is 0 Å². The second-order valence-electron chi connectivity index (χ2n) is 4.05. The molecule has 2 rings (SSSR count). The molecular formula is C14H14BrN3O. The zero-order valence-electron chi connectivity index (χ0n) is 10.3. The van der Waals surface area contributed by atoms with E-state index < -0.39 is 0 Å². The largest absolute Gasteiger partial charge is 0.348 e. The second-order valence-corrected chi connectivity index (χ2v) is 4.96. The van der Waals surface area contributed by atoms with Gasteiger partial charge in [-0.15, -0.1) is 0 Å². The number of rotatable bonds is 4. The van der Waals surface area contributed by atoms with Gasteiger partial charge in [-0.05, 0) is 29.8 Å². The lowest BCUT2D eigenvalue weighted by molar-refractivity contribution is 0.0950. The molecule has 0 bridgehead atoms. The van der Waals surface area contributed by atoms with Crippen LogP contribution in [-0.2, 0) is 13.1 Å². The van der Waals surface area contributed by atoms with Gasteiger partial charge >= 0.3 is 0 Å². The van der Waals surface area contributed by atoms with E-state index >= 15 is 0 Å². The maximum absolute atomic E-state index is 12.0.